The summed E-state index contributed by atoms with van der Waals surface area (Å²) in [5.41, 5.74) is 8.81. The van der Waals surface area contributed by atoms with Crippen molar-refractivity contribution in [3.8, 4) is 22.3 Å². The van der Waals surface area contributed by atoms with Crippen LogP contribution in [0.1, 0.15) is 16.7 Å². The first-order valence-corrected chi connectivity index (χ1v) is 10.7. The van der Waals surface area contributed by atoms with E-state index in [-0.39, 0.29) is 0 Å². The highest BCUT2D eigenvalue weighted by Gasteiger charge is 2.18. The SMILES string of the molecule is Cc1ccc(-c2c(-c3ccc(C)cc3)c3ccc(Cl)cc3c3ccc(C)cc23)cc1. The Labute approximate surface area is 182 Å². The fraction of sp³-hybridized carbons (Fsp3) is 0.103. The van der Waals surface area contributed by atoms with E-state index in [2.05, 4.69) is 99.6 Å². The summed E-state index contributed by atoms with van der Waals surface area (Å²) >= 11 is 6.44. The van der Waals surface area contributed by atoms with Gasteiger partial charge in [0, 0.05) is 5.02 Å². The number of fused-ring (bicyclic) bond motifs is 3. The van der Waals surface area contributed by atoms with Gasteiger partial charge in [-0.15, -0.1) is 0 Å². The Morgan fingerprint density at radius 3 is 1.53 bits per heavy atom. The third-order valence-corrected chi connectivity index (χ3v) is 6.15. The maximum atomic E-state index is 6.44. The molecule has 1 heteroatoms. The molecule has 0 nitrogen and oxygen atoms in total. The van der Waals surface area contributed by atoms with Gasteiger partial charge in [0.05, 0.1) is 0 Å². The Kier molecular flexibility index (Phi) is 4.60. The lowest BCUT2D eigenvalue weighted by Crippen LogP contribution is -1.93. The van der Waals surface area contributed by atoms with Gasteiger partial charge in [-0.05, 0) is 76.7 Å². The van der Waals surface area contributed by atoms with Crippen molar-refractivity contribution in [1.82, 2.24) is 0 Å². The molecule has 5 aromatic rings. The van der Waals surface area contributed by atoms with Crippen molar-refractivity contribution in [2.24, 2.45) is 0 Å². The minimum atomic E-state index is 0.766. The fourth-order valence-electron chi connectivity index (χ4n) is 4.37. The Balaban J connectivity index is 2.03. The lowest BCUT2D eigenvalue weighted by Gasteiger charge is -2.19. The number of halogens is 1. The van der Waals surface area contributed by atoms with Crippen LogP contribution in [0.15, 0.2) is 84.9 Å². The average Bonchev–Trinajstić information content (AvgIpc) is 2.74. The molecule has 0 saturated heterocycles. The van der Waals surface area contributed by atoms with Crippen LogP contribution in [0.4, 0.5) is 0 Å². The van der Waals surface area contributed by atoms with E-state index >= 15 is 0 Å². The van der Waals surface area contributed by atoms with E-state index in [0.29, 0.717) is 0 Å². The van der Waals surface area contributed by atoms with Crippen molar-refractivity contribution in [1.29, 1.82) is 0 Å². The Hall–Kier alpha value is -3.09. The maximum Gasteiger partial charge on any atom is 0.0412 e. The number of hydrogen-bond donors (Lipinski definition) is 0. The summed E-state index contributed by atoms with van der Waals surface area (Å²) in [6.07, 6.45) is 0. The molecule has 146 valence electrons. The van der Waals surface area contributed by atoms with E-state index in [9.17, 15) is 0 Å². The summed E-state index contributed by atoms with van der Waals surface area (Å²) in [6, 6.07) is 30.7. The molecule has 0 atom stereocenters. The molecule has 0 saturated carbocycles. The molecule has 0 aliphatic heterocycles. The van der Waals surface area contributed by atoms with E-state index in [1.54, 1.807) is 0 Å². The molecule has 0 unspecified atom stereocenters. The maximum absolute atomic E-state index is 6.44. The first-order chi connectivity index (χ1) is 14.5. The summed E-state index contributed by atoms with van der Waals surface area (Å²) < 4.78 is 0. The standard InChI is InChI=1S/C29H23Cl/c1-18-4-9-21(10-5-18)28-25-15-13-23(30)17-26(25)24-14-8-20(3)16-27(24)29(28)22-11-6-19(2)7-12-22/h4-17H,1-3H3. The van der Waals surface area contributed by atoms with Crippen LogP contribution in [-0.2, 0) is 0 Å². The van der Waals surface area contributed by atoms with Gasteiger partial charge >= 0.3 is 0 Å². The lowest BCUT2D eigenvalue weighted by atomic mass is 9.84. The van der Waals surface area contributed by atoms with Crippen molar-refractivity contribution in [3.63, 3.8) is 0 Å². The van der Waals surface area contributed by atoms with Gasteiger partial charge in [-0.3, -0.25) is 0 Å². The van der Waals surface area contributed by atoms with Gasteiger partial charge in [0.25, 0.3) is 0 Å². The predicted molar refractivity (Wildman–Crippen MR) is 132 cm³/mol. The third-order valence-electron chi connectivity index (χ3n) is 5.92. The highest BCUT2D eigenvalue weighted by molar-refractivity contribution is 6.32. The van der Waals surface area contributed by atoms with Crippen molar-refractivity contribution >= 4 is 33.1 Å². The predicted octanol–water partition coefficient (Wildman–Crippen LogP) is 8.91. The van der Waals surface area contributed by atoms with Crippen LogP contribution >= 0.6 is 11.6 Å². The highest BCUT2D eigenvalue weighted by atomic mass is 35.5. The average molecular weight is 407 g/mol. The van der Waals surface area contributed by atoms with Gasteiger partial charge in [0.2, 0.25) is 0 Å². The topological polar surface area (TPSA) is 0 Å². The molecular weight excluding hydrogens is 384 g/mol. The van der Waals surface area contributed by atoms with E-state index in [1.807, 2.05) is 6.07 Å². The van der Waals surface area contributed by atoms with Crippen molar-refractivity contribution < 1.29 is 0 Å². The number of benzene rings is 5. The molecule has 5 rings (SSSR count). The molecule has 0 amide bonds. The molecule has 30 heavy (non-hydrogen) atoms. The highest BCUT2D eigenvalue weighted by Crippen LogP contribution is 2.45. The second-order valence-electron chi connectivity index (χ2n) is 8.22. The minimum absolute atomic E-state index is 0.766. The number of hydrogen-bond acceptors (Lipinski definition) is 0. The molecule has 0 aliphatic rings. The van der Waals surface area contributed by atoms with Crippen LogP contribution < -0.4 is 0 Å². The smallest absolute Gasteiger partial charge is 0.0412 e. The van der Waals surface area contributed by atoms with Crippen LogP contribution in [0, 0.1) is 20.8 Å². The van der Waals surface area contributed by atoms with Crippen LogP contribution in [0.5, 0.6) is 0 Å². The molecule has 0 fully saturated rings. The first kappa shape index (κ1) is 18.9. The molecule has 0 aliphatic carbocycles. The zero-order valence-corrected chi connectivity index (χ0v) is 18.2. The number of rotatable bonds is 2. The molecule has 0 spiro atoms. The van der Waals surface area contributed by atoms with E-state index in [1.165, 1.54) is 60.5 Å². The number of aryl methyl sites for hydroxylation is 3. The quantitative estimate of drug-likeness (QED) is 0.257. The van der Waals surface area contributed by atoms with Gasteiger partial charge in [-0.1, -0.05) is 101 Å². The van der Waals surface area contributed by atoms with E-state index in [0.717, 1.165) is 5.02 Å². The van der Waals surface area contributed by atoms with Crippen molar-refractivity contribution in [3.05, 3.63) is 107 Å². The first-order valence-electron chi connectivity index (χ1n) is 10.3. The molecule has 0 heterocycles. The summed E-state index contributed by atoms with van der Waals surface area (Å²) in [7, 11) is 0. The van der Waals surface area contributed by atoms with Crippen molar-refractivity contribution in [2.45, 2.75) is 20.8 Å². The molecule has 0 radical (unpaired) electrons. The van der Waals surface area contributed by atoms with Gasteiger partial charge in [0.15, 0.2) is 0 Å². The van der Waals surface area contributed by atoms with Crippen LogP contribution in [0.3, 0.4) is 0 Å². The summed E-state index contributed by atoms with van der Waals surface area (Å²) in [5, 5.41) is 5.70. The van der Waals surface area contributed by atoms with Crippen LogP contribution in [-0.4, -0.2) is 0 Å². The summed E-state index contributed by atoms with van der Waals surface area (Å²) in [5.74, 6) is 0. The Morgan fingerprint density at radius 1 is 0.433 bits per heavy atom. The molecule has 0 aromatic heterocycles. The summed E-state index contributed by atoms with van der Waals surface area (Å²) in [4.78, 5) is 0. The second kappa shape index (κ2) is 7.31. The summed E-state index contributed by atoms with van der Waals surface area (Å²) in [6.45, 7) is 6.42. The third kappa shape index (κ3) is 3.18. The lowest BCUT2D eigenvalue weighted by molar-refractivity contribution is 1.46. The van der Waals surface area contributed by atoms with Gasteiger partial charge in [-0.25, -0.2) is 0 Å². The van der Waals surface area contributed by atoms with Crippen LogP contribution in [0.2, 0.25) is 5.02 Å². The fourth-order valence-corrected chi connectivity index (χ4v) is 4.54. The van der Waals surface area contributed by atoms with Crippen LogP contribution in [0.25, 0.3) is 43.8 Å². The second-order valence-corrected chi connectivity index (χ2v) is 8.66. The van der Waals surface area contributed by atoms with E-state index < -0.39 is 0 Å². The van der Waals surface area contributed by atoms with Gasteiger partial charge in [0.1, 0.15) is 0 Å². The van der Waals surface area contributed by atoms with Gasteiger partial charge < -0.3 is 0 Å². The Bertz CT molecular complexity index is 1390. The van der Waals surface area contributed by atoms with E-state index in [4.69, 9.17) is 11.6 Å². The monoisotopic (exact) mass is 406 g/mol. The molecule has 0 N–H and O–H groups in total. The normalized spacial score (nSPS) is 11.3. The molecule has 0 bridgehead atoms. The minimum Gasteiger partial charge on any atom is -0.0843 e. The zero-order chi connectivity index (χ0) is 20.8. The zero-order valence-electron chi connectivity index (χ0n) is 17.5. The molecular formula is C29H23Cl. The Morgan fingerprint density at radius 2 is 0.933 bits per heavy atom. The largest absolute Gasteiger partial charge is 0.0843 e. The van der Waals surface area contributed by atoms with Gasteiger partial charge in [-0.2, -0.15) is 0 Å². The van der Waals surface area contributed by atoms with Crippen molar-refractivity contribution in [2.75, 3.05) is 0 Å². The molecule has 5 aromatic carbocycles.